The molecular weight excluding hydrogens is 325 g/mol. The molecule has 6 nitrogen and oxygen atoms in total. The molecule has 0 aliphatic rings. The first-order chi connectivity index (χ1) is 10.4. The van der Waals surface area contributed by atoms with E-state index in [1.165, 1.54) is 24.3 Å². The minimum absolute atomic E-state index is 0. The average molecular weight is 348 g/mol. The number of benzene rings is 1. The van der Waals surface area contributed by atoms with Crippen LogP contribution in [0.3, 0.4) is 0 Å². The third kappa shape index (κ3) is 8.37. The Morgan fingerprint density at radius 1 is 1.22 bits per heavy atom. The maximum atomic E-state index is 12.7. The van der Waals surface area contributed by atoms with Crippen LogP contribution in [0, 0.1) is 11.7 Å². The summed E-state index contributed by atoms with van der Waals surface area (Å²) in [5.74, 6) is -0.491. The van der Waals surface area contributed by atoms with Gasteiger partial charge in [-0.1, -0.05) is 13.8 Å². The third-order valence-corrected chi connectivity index (χ3v) is 2.95. The molecule has 0 saturated heterocycles. The third-order valence-electron chi connectivity index (χ3n) is 2.95. The van der Waals surface area contributed by atoms with Gasteiger partial charge in [0.1, 0.15) is 18.2 Å². The molecule has 1 rings (SSSR count). The van der Waals surface area contributed by atoms with E-state index in [-0.39, 0.29) is 55.7 Å². The molecule has 0 aliphatic carbocycles. The van der Waals surface area contributed by atoms with Crippen LogP contribution in [0.1, 0.15) is 13.8 Å². The van der Waals surface area contributed by atoms with Gasteiger partial charge >= 0.3 is 0 Å². The number of nitrogens with one attached hydrogen (secondary N) is 2. The summed E-state index contributed by atoms with van der Waals surface area (Å²) in [6.45, 7) is 4.06. The number of rotatable bonds is 8. The fourth-order valence-electron chi connectivity index (χ4n) is 1.54. The SMILES string of the molecule is CC(C)[C@H](N)C(=O)NCC(=O)NCCOc1ccc(F)cc1.Cl. The second-order valence-corrected chi connectivity index (χ2v) is 5.14. The molecule has 0 aliphatic heterocycles. The Kier molecular flexibility index (Phi) is 9.92. The zero-order chi connectivity index (χ0) is 16.5. The molecule has 23 heavy (non-hydrogen) atoms. The average Bonchev–Trinajstić information content (AvgIpc) is 2.50. The van der Waals surface area contributed by atoms with Gasteiger partial charge in [-0.2, -0.15) is 0 Å². The molecule has 0 unspecified atom stereocenters. The Bertz CT molecular complexity index is 497. The number of carbonyl (C=O) groups excluding carboxylic acids is 2. The van der Waals surface area contributed by atoms with Crippen LogP contribution < -0.4 is 21.1 Å². The van der Waals surface area contributed by atoms with E-state index in [2.05, 4.69) is 10.6 Å². The topological polar surface area (TPSA) is 93.5 Å². The standard InChI is InChI=1S/C15H22FN3O3.ClH/c1-10(2)14(17)15(21)19-9-13(20)18-7-8-22-12-5-3-11(16)4-6-12;/h3-6,10,14H,7-9,17H2,1-2H3,(H,18,20)(H,19,21);1H/t14-;/m0./s1. The lowest BCUT2D eigenvalue weighted by atomic mass is 10.1. The van der Waals surface area contributed by atoms with Crippen molar-refractivity contribution in [2.24, 2.45) is 11.7 Å². The van der Waals surface area contributed by atoms with Crippen LogP contribution in [0.5, 0.6) is 5.75 Å². The Labute approximate surface area is 141 Å². The molecule has 4 N–H and O–H groups in total. The Hall–Kier alpha value is -1.86. The number of carbonyl (C=O) groups is 2. The van der Waals surface area contributed by atoms with Crippen molar-refractivity contribution >= 4 is 24.2 Å². The van der Waals surface area contributed by atoms with Crippen LogP contribution in [0.15, 0.2) is 24.3 Å². The molecule has 0 fully saturated rings. The van der Waals surface area contributed by atoms with Crippen molar-refractivity contribution in [1.29, 1.82) is 0 Å². The van der Waals surface area contributed by atoms with Gasteiger partial charge in [0.15, 0.2) is 0 Å². The highest BCUT2D eigenvalue weighted by atomic mass is 35.5. The van der Waals surface area contributed by atoms with Gasteiger partial charge in [0.2, 0.25) is 11.8 Å². The molecule has 8 heteroatoms. The number of nitrogens with two attached hydrogens (primary N) is 1. The first kappa shape index (κ1) is 21.1. The van der Waals surface area contributed by atoms with E-state index in [1.807, 2.05) is 13.8 Å². The summed E-state index contributed by atoms with van der Waals surface area (Å²) < 4.78 is 18.0. The number of hydrogen-bond donors (Lipinski definition) is 3. The summed E-state index contributed by atoms with van der Waals surface area (Å²) in [4.78, 5) is 23.1. The van der Waals surface area contributed by atoms with Crippen molar-refractivity contribution in [3.8, 4) is 5.75 Å². The fraction of sp³-hybridized carbons (Fsp3) is 0.467. The van der Waals surface area contributed by atoms with Crippen LogP contribution in [-0.4, -0.2) is 37.6 Å². The molecule has 0 spiro atoms. The van der Waals surface area contributed by atoms with E-state index in [0.29, 0.717) is 5.75 Å². The van der Waals surface area contributed by atoms with Crippen molar-refractivity contribution in [2.45, 2.75) is 19.9 Å². The number of hydrogen-bond acceptors (Lipinski definition) is 4. The maximum absolute atomic E-state index is 12.7. The fourth-order valence-corrected chi connectivity index (χ4v) is 1.54. The lowest BCUT2D eigenvalue weighted by Gasteiger charge is -2.15. The molecule has 0 radical (unpaired) electrons. The van der Waals surface area contributed by atoms with Gasteiger partial charge in [0.05, 0.1) is 19.1 Å². The van der Waals surface area contributed by atoms with Gasteiger partial charge in [0.25, 0.3) is 0 Å². The molecule has 0 heterocycles. The van der Waals surface area contributed by atoms with Gasteiger partial charge < -0.3 is 21.1 Å². The lowest BCUT2D eigenvalue weighted by molar-refractivity contribution is -0.127. The molecule has 0 saturated carbocycles. The van der Waals surface area contributed by atoms with Crippen LogP contribution in [0.25, 0.3) is 0 Å². The number of halogens is 2. The summed E-state index contributed by atoms with van der Waals surface area (Å²) in [6.07, 6.45) is 0. The van der Waals surface area contributed by atoms with Crippen LogP contribution >= 0.6 is 12.4 Å². The van der Waals surface area contributed by atoms with E-state index >= 15 is 0 Å². The van der Waals surface area contributed by atoms with Crippen LogP contribution in [-0.2, 0) is 9.59 Å². The van der Waals surface area contributed by atoms with E-state index in [9.17, 15) is 14.0 Å². The molecular formula is C15H23ClFN3O3. The van der Waals surface area contributed by atoms with E-state index < -0.39 is 6.04 Å². The van der Waals surface area contributed by atoms with Crippen molar-refractivity contribution in [2.75, 3.05) is 19.7 Å². The van der Waals surface area contributed by atoms with E-state index in [4.69, 9.17) is 10.5 Å². The van der Waals surface area contributed by atoms with Crippen molar-refractivity contribution in [3.63, 3.8) is 0 Å². The normalized spacial score (nSPS) is 11.3. The quantitative estimate of drug-likeness (QED) is 0.607. The second-order valence-electron chi connectivity index (χ2n) is 5.14. The highest BCUT2D eigenvalue weighted by molar-refractivity contribution is 5.87. The molecule has 1 aromatic rings. The van der Waals surface area contributed by atoms with Gasteiger partial charge in [-0.3, -0.25) is 9.59 Å². The Balaban J connectivity index is 0.00000484. The molecule has 1 atom stereocenters. The summed E-state index contributed by atoms with van der Waals surface area (Å²) in [5, 5.41) is 5.06. The van der Waals surface area contributed by atoms with Crippen LogP contribution in [0.2, 0.25) is 0 Å². The minimum atomic E-state index is -0.630. The van der Waals surface area contributed by atoms with E-state index in [0.717, 1.165) is 0 Å². The van der Waals surface area contributed by atoms with Crippen molar-refractivity contribution < 1.29 is 18.7 Å². The number of ether oxygens (including phenoxy) is 1. The molecule has 0 bridgehead atoms. The van der Waals surface area contributed by atoms with Crippen molar-refractivity contribution in [3.05, 3.63) is 30.1 Å². The van der Waals surface area contributed by atoms with Crippen LogP contribution in [0.4, 0.5) is 4.39 Å². The van der Waals surface area contributed by atoms with E-state index in [1.54, 1.807) is 0 Å². The Morgan fingerprint density at radius 3 is 2.39 bits per heavy atom. The highest BCUT2D eigenvalue weighted by Crippen LogP contribution is 2.10. The summed E-state index contributed by atoms with van der Waals surface area (Å²) >= 11 is 0. The zero-order valence-corrected chi connectivity index (χ0v) is 14.0. The largest absolute Gasteiger partial charge is 0.492 e. The summed E-state index contributed by atoms with van der Waals surface area (Å²) in [6, 6.07) is 4.97. The van der Waals surface area contributed by atoms with Crippen molar-refractivity contribution in [1.82, 2.24) is 10.6 Å². The van der Waals surface area contributed by atoms with Gasteiger partial charge in [-0.25, -0.2) is 4.39 Å². The molecule has 0 aromatic heterocycles. The number of amides is 2. The highest BCUT2D eigenvalue weighted by Gasteiger charge is 2.17. The minimum Gasteiger partial charge on any atom is -0.492 e. The zero-order valence-electron chi connectivity index (χ0n) is 13.2. The molecule has 130 valence electrons. The predicted octanol–water partition coefficient (Wildman–Crippen LogP) is 0.842. The molecule has 1 aromatic carbocycles. The molecule has 2 amide bonds. The van der Waals surface area contributed by atoms with Gasteiger partial charge in [0, 0.05) is 0 Å². The lowest BCUT2D eigenvalue weighted by Crippen LogP contribution is -2.47. The maximum Gasteiger partial charge on any atom is 0.239 e. The van der Waals surface area contributed by atoms with Gasteiger partial charge in [-0.05, 0) is 30.2 Å². The monoisotopic (exact) mass is 347 g/mol. The first-order valence-corrected chi connectivity index (χ1v) is 7.08. The second kappa shape index (κ2) is 10.8. The first-order valence-electron chi connectivity index (χ1n) is 7.08. The smallest absolute Gasteiger partial charge is 0.239 e. The Morgan fingerprint density at radius 2 is 1.83 bits per heavy atom. The summed E-state index contributed by atoms with van der Waals surface area (Å²) in [5.41, 5.74) is 5.65. The van der Waals surface area contributed by atoms with Gasteiger partial charge in [-0.15, -0.1) is 12.4 Å². The predicted molar refractivity (Wildman–Crippen MR) is 88.0 cm³/mol. The summed E-state index contributed by atoms with van der Waals surface area (Å²) in [7, 11) is 0.